The van der Waals surface area contributed by atoms with Crippen molar-refractivity contribution in [2.45, 2.75) is 45.5 Å². The molecule has 1 fully saturated rings. The van der Waals surface area contributed by atoms with Crippen LogP contribution < -0.4 is 0 Å². The number of rotatable bonds is 1. The van der Waals surface area contributed by atoms with Gasteiger partial charge in [0, 0.05) is 33.1 Å². The van der Waals surface area contributed by atoms with Crippen molar-refractivity contribution in [3.05, 3.63) is 0 Å². The van der Waals surface area contributed by atoms with Crippen LogP contribution in [0.15, 0.2) is 0 Å². The predicted molar refractivity (Wildman–Crippen MR) is 64.9 cm³/mol. The molecule has 112 valence electrons. The van der Waals surface area contributed by atoms with Crippen LogP contribution in [0.3, 0.4) is 0 Å². The van der Waals surface area contributed by atoms with Gasteiger partial charge in [0.1, 0.15) is 0 Å². The van der Waals surface area contributed by atoms with Gasteiger partial charge in [0.25, 0.3) is 0 Å². The summed E-state index contributed by atoms with van der Waals surface area (Å²) in [6, 6.07) is 0. The van der Waals surface area contributed by atoms with E-state index < -0.39 is 24.9 Å². The van der Waals surface area contributed by atoms with Crippen LogP contribution in [0.4, 0.5) is 18.0 Å². The summed E-state index contributed by atoms with van der Waals surface area (Å²) < 4.78 is 49.3. The molecule has 4 nitrogen and oxygen atoms in total. The standard InChI is InChI=1S/C12H21F3N2O2/c1-9(12(13,14)15)19-10(18)16-5-7-17(8-6-16)11(2,3)4/h9H,5-8H2,1-4H3/i7D. The van der Waals surface area contributed by atoms with Crippen molar-refractivity contribution in [1.29, 1.82) is 0 Å². The molecule has 0 spiro atoms. The Kier molecular flexibility index (Phi) is 4.23. The molecule has 1 rings (SSSR count). The second-order valence-corrected chi connectivity index (χ2v) is 5.56. The van der Waals surface area contributed by atoms with Gasteiger partial charge in [-0.05, 0) is 27.7 Å². The minimum Gasteiger partial charge on any atom is -0.437 e. The number of hydrogen-bond donors (Lipinski definition) is 0. The van der Waals surface area contributed by atoms with E-state index in [0.717, 1.165) is 11.8 Å². The van der Waals surface area contributed by atoms with Crippen LogP contribution in [-0.4, -0.2) is 59.9 Å². The van der Waals surface area contributed by atoms with Crippen LogP contribution in [0, 0.1) is 0 Å². The van der Waals surface area contributed by atoms with Gasteiger partial charge in [0.05, 0.1) is 0 Å². The molecule has 1 aliphatic rings. The molecule has 19 heavy (non-hydrogen) atoms. The van der Waals surface area contributed by atoms with E-state index in [9.17, 15) is 18.0 Å². The van der Waals surface area contributed by atoms with Crippen LogP contribution in [0.25, 0.3) is 0 Å². The zero-order valence-electron chi connectivity index (χ0n) is 12.6. The Morgan fingerprint density at radius 1 is 1.26 bits per heavy atom. The van der Waals surface area contributed by atoms with Gasteiger partial charge in [-0.2, -0.15) is 13.2 Å². The van der Waals surface area contributed by atoms with Gasteiger partial charge in [-0.15, -0.1) is 0 Å². The zero-order chi connectivity index (χ0) is 15.7. The van der Waals surface area contributed by atoms with E-state index in [2.05, 4.69) is 4.74 Å². The fraction of sp³-hybridized carbons (Fsp3) is 0.917. The van der Waals surface area contributed by atoms with Crippen molar-refractivity contribution in [1.82, 2.24) is 9.80 Å². The number of halogens is 3. The molecule has 2 atom stereocenters. The van der Waals surface area contributed by atoms with E-state index in [-0.39, 0.29) is 18.6 Å². The Bertz CT molecular complexity index is 358. The van der Waals surface area contributed by atoms with Crippen LogP contribution in [0.5, 0.6) is 0 Å². The Hall–Kier alpha value is -0.980. The van der Waals surface area contributed by atoms with Gasteiger partial charge < -0.3 is 9.64 Å². The van der Waals surface area contributed by atoms with Crippen molar-refractivity contribution in [2.75, 3.05) is 26.2 Å². The topological polar surface area (TPSA) is 32.8 Å². The molecular weight excluding hydrogens is 261 g/mol. The third-order valence-electron chi connectivity index (χ3n) is 2.99. The number of piperazine rings is 1. The maximum Gasteiger partial charge on any atom is 0.425 e. The summed E-state index contributed by atoms with van der Waals surface area (Å²) in [6.45, 7) is 6.72. The molecule has 0 aliphatic carbocycles. The lowest BCUT2D eigenvalue weighted by Gasteiger charge is -2.42. The Balaban J connectivity index is 2.58. The minimum atomic E-state index is -4.57. The molecule has 0 saturated carbocycles. The molecule has 1 amide bonds. The molecule has 2 unspecified atom stereocenters. The summed E-state index contributed by atoms with van der Waals surface area (Å²) in [5.41, 5.74) is -0.221. The molecule has 0 N–H and O–H groups in total. The fourth-order valence-electron chi connectivity index (χ4n) is 1.68. The summed E-state index contributed by atoms with van der Waals surface area (Å²) in [6.07, 6.45) is -7.72. The minimum absolute atomic E-state index is 0.0423. The smallest absolute Gasteiger partial charge is 0.425 e. The first-order chi connectivity index (χ1) is 8.93. The Labute approximate surface area is 112 Å². The lowest BCUT2D eigenvalue weighted by Crippen LogP contribution is -2.55. The second-order valence-electron chi connectivity index (χ2n) is 5.56. The maximum absolute atomic E-state index is 12.3. The van der Waals surface area contributed by atoms with Crippen molar-refractivity contribution in [3.8, 4) is 0 Å². The lowest BCUT2D eigenvalue weighted by molar-refractivity contribution is -0.200. The van der Waals surface area contributed by atoms with Gasteiger partial charge in [-0.3, -0.25) is 4.90 Å². The lowest BCUT2D eigenvalue weighted by atomic mass is 10.1. The summed E-state index contributed by atoms with van der Waals surface area (Å²) in [4.78, 5) is 14.7. The molecule has 0 aromatic heterocycles. The van der Waals surface area contributed by atoms with E-state index in [1.165, 1.54) is 0 Å². The number of carbonyl (C=O) groups excluding carboxylic acids is 1. The highest BCUT2D eigenvalue weighted by molar-refractivity contribution is 5.68. The number of nitrogens with zero attached hydrogens (tertiary/aromatic N) is 2. The highest BCUT2D eigenvalue weighted by atomic mass is 19.4. The first kappa shape index (κ1) is 14.4. The van der Waals surface area contributed by atoms with E-state index in [4.69, 9.17) is 1.37 Å². The van der Waals surface area contributed by atoms with Gasteiger partial charge in [-0.1, -0.05) is 0 Å². The van der Waals surface area contributed by atoms with E-state index >= 15 is 0 Å². The van der Waals surface area contributed by atoms with Gasteiger partial charge >= 0.3 is 12.3 Å². The molecule has 0 aromatic carbocycles. The number of carbonyl (C=O) groups is 1. The Morgan fingerprint density at radius 2 is 1.84 bits per heavy atom. The maximum atomic E-state index is 12.3. The third-order valence-corrected chi connectivity index (χ3v) is 2.99. The molecule has 1 saturated heterocycles. The quantitative estimate of drug-likeness (QED) is 0.741. The van der Waals surface area contributed by atoms with Crippen molar-refractivity contribution >= 4 is 6.09 Å². The molecule has 1 heterocycles. The van der Waals surface area contributed by atoms with E-state index in [1.54, 1.807) is 0 Å². The summed E-state index contributed by atoms with van der Waals surface area (Å²) in [5.74, 6) is 0. The number of ether oxygens (including phenoxy) is 1. The Morgan fingerprint density at radius 3 is 2.26 bits per heavy atom. The SMILES string of the molecule is [2H]C1CN(C(=O)OC(C)C(F)(F)F)CCN1C(C)(C)C. The number of hydrogen-bond acceptors (Lipinski definition) is 3. The van der Waals surface area contributed by atoms with Gasteiger partial charge in [0.15, 0.2) is 6.10 Å². The number of alkyl halides is 3. The highest BCUT2D eigenvalue weighted by Gasteiger charge is 2.40. The average Bonchev–Trinajstić information content (AvgIpc) is 2.25. The summed E-state index contributed by atoms with van der Waals surface area (Å²) >= 11 is 0. The van der Waals surface area contributed by atoms with Crippen molar-refractivity contribution in [2.24, 2.45) is 0 Å². The van der Waals surface area contributed by atoms with E-state index in [1.807, 2.05) is 25.7 Å². The first-order valence-corrected chi connectivity index (χ1v) is 6.14. The summed E-state index contributed by atoms with van der Waals surface area (Å²) in [7, 11) is 0. The molecule has 1 aliphatic heterocycles. The van der Waals surface area contributed by atoms with Crippen molar-refractivity contribution < 1.29 is 24.1 Å². The number of amides is 1. The largest absolute Gasteiger partial charge is 0.437 e. The van der Waals surface area contributed by atoms with Crippen LogP contribution in [0.2, 0.25) is 0 Å². The van der Waals surface area contributed by atoms with Crippen LogP contribution in [0.1, 0.15) is 29.1 Å². The molecule has 0 aromatic rings. The third kappa shape index (κ3) is 4.56. The monoisotopic (exact) mass is 283 g/mol. The average molecular weight is 283 g/mol. The fourth-order valence-corrected chi connectivity index (χ4v) is 1.68. The van der Waals surface area contributed by atoms with Gasteiger partial charge in [-0.25, -0.2) is 4.79 Å². The molecule has 7 heteroatoms. The zero-order valence-corrected chi connectivity index (χ0v) is 11.6. The molecule has 0 bridgehead atoms. The normalized spacial score (nSPS) is 24.9. The highest BCUT2D eigenvalue weighted by Crippen LogP contribution is 2.23. The van der Waals surface area contributed by atoms with Crippen LogP contribution in [-0.2, 0) is 4.74 Å². The van der Waals surface area contributed by atoms with Gasteiger partial charge in [0.2, 0.25) is 0 Å². The predicted octanol–water partition coefficient (Wildman–Crippen LogP) is 2.49. The second kappa shape index (κ2) is 5.56. The van der Waals surface area contributed by atoms with Crippen molar-refractivity contribution in [3.63, 3.8) is 0 Å². The van der Waals surface area contributed by atoms with Crippen LogP contribution >= 0.6 is 0 Å². The molecular formula is C12H21F3N2O2. The van der Waals surface area contributed by atoms with E-state index in [0.29, 0.717) is 6.54 Å². The first-order valence-electron chi connectivity index (χ1n) is 6.72. The molecule has 0 radical (unpaired) electrons. The summed E-state index contributed by atoms with van der Waals surface area (Å²) in [5, 5.41) is 0.